The Morgan fingerprint density at radius 2 is 2.16 bits per heavy atom. The quantitative estimate of drug-likeness (QED) is 0.643. The molecule has 0 atom stereocenters. The van der Waals surface area contributed by atoms with Crippen molar-refractivity contribution in [2.45, 2.75) is 13.8 Å². The van der Waals surface area contributed by atoms with Gasteiger partial charge in [-0.1, -0.05) is 4.98 Å². The van der Waals surface area contributed by atoms with E-state index in [-0.39, 0.29) is 11.4 Å². The second-order valence-electron chi connectivity index (χ2n) is 3.83. The number of pyridine rings is 1. The zero-order chi connectivity index (χ0) is 14.2. The van der Waals surface area contributed by atoms with Crippen LogP contribution in [0.5, 0.6) is 0 Å². The highest BCUT2D eigenvalue weighted by Gasteiger charge is 2.22. The van der Waals surface area contributed by atoms with Gasteiger partial charge in [0.05, 0.1) is 0 Å². The first-order valence-electron chi connectivity index (χ1n) is 5.18. The summed E-state index contributed by atoms with van der Waals surface area (Å²) in [5.74, 6) is -1.79. The van der Waals surface area contributed by atoms with Crippen LogP contribution in [-0.2, 0) is 0 Å². The maximum absolute atomic E-state index is 11.2. The maximum Gasteiger partial charge on any atom is 0.491 e. The first-order valence-corrected chi connectivity index (χ1v) is 5.18. The van der Waals surface area contributed by atoms with E-state index in [0.29, 0.717) is 11.3 Å². The molecule has 9 nitrogen and oxygen atoms in total. The van der Waals surface area contributed by atoms with Gasteiger partial charge in [0, 0.05) is 10.8 Å². The SMILES string of the molecule is Cc1cc(C)c(C(=O)O)c(-n2cnc([N+](=O)[O-])n2)n1. The lowest BCUT2D eigenvalue weighted by atomic mass is 10.1. The van der Waals surface area contributed by atoms with Crippen LogP contribution in [0.25, 0.3) is 5.82 Å². The van der Waals surface area contributed by atoms with Crippen molar-refractivity contribution in [3.63, 3.8) is 0 Å². The van der Waals surface area contributed by atoms with Gasteiger partial charge in [0.2, 0.25) is 6.33 Å². The lowest BCUT2D eigenvalue weighted by Gasteiger charge is -2.06. The zero-order valence-corrected chi connectivity index (χ0v) is 10.1. The zero-order valence-electron chi connectivity index (χ0n) is 10.1. The smallest absolute Gasteiger partial charge is 0.478 e. The van der Waals surface area contributed by atoms with Crippen molar-refractivity contribution in [3.8, 4) is 5.82 Å². The molecule has 0 bridgehead atoms. The van der Waals surface area contributed by atoms with Crippen molar-refractivity contribution in [1.82, 2.24) is 19.7 Å². The van der Waals surface area contributed by atoms with Crippen molar-refractivity contribution in [1.29, 1.82) is 0 Å². The van der Waals surface area contributed by atoms with E-state index < -0.39 is 16.8 Å². The van der Waals surface area contributed by atoms with Crippen molar-refractivity contribution < 1.29 is 14.8 Å². The summed E-state index contributed by atoms with van der Waals surface area (Å²) in [6.45, 7) is 3.31. The summed E-state index contributed by atoms with van der Waals surface area (Å²) in [5, 5.41) is 23.3. The summed E-state index contributed by atoms with van der Waals surface area (Å²) in [7, 11) is 0. The molecule has 0 aromatic carbocycles. The first-order chi connectivity index (χ1) is 8.90. The number of carbonyl (C=O) groups is 1. The lowest BCUT2D eigenvalue weighted by Crippen LogP contribution is -2.11. The fourth-order valence-electron chi connectivity index (χ4n) is 1.69. The van der Waals surface area contributed by atoms with Gasteiger partial charge in [-0.2, -0.15) is 0 Å². The molecule has 0 unspecified atom stereocenters. The van der Waals surface area contributed by atoms with E-state index in [4.69, 9.17) is 0 Å². The Labute approximate surface area is 106 Å². The Balaban J connectivity index is 2.66. The van der Waals surface area contributed by atoms with E-state index in [1.165, 1.54) is 0 Å². The standard InChI is InChI=1S/C10H9N5O4/c1-5-3-6(2)12-8(7(5)9(16)17)14-4-11-10(13-14)15(18)19/h3-4H,1-2H3,(H,16,17). The third-order valence-corrected chi connectivity index (χ3v) is 2.40. The van der Waals surface area contributed by atoms with Gasteiger partial charge in [-0.25, -0.2) is 9.78 Å². The van der Waals surface area contributed by atoms with Crippen LogP contribution < -0.4 is 0 Å². The molecule has 0 saturated heterocycles. The number of carboxylic acids is 1. The number of aromatic carboxylic acids is 1. The fourth-order valence-corrected chi connectivity index (χ4v) is 1.69. The Hall–Kier alpha value is -2.84. The number of hydrogen-bond donors (Lipinski definition) is 1. The van der Waals surface area contributed by atoms with Gasteiger partial charge in [-0.3, -0.25) is 0 Å². The molecule has 2 rings (SSSR count). The minimum Gasteiger partial charge on any atom is -0.478 e. The second kappa shape index (κ2) is 4.44. The Morgan fingerprint density at radius 3 is 2.68 bits per heavy atom. The van der Waals surface area contributed by atoms with Crippen LogP contribution in [0.2, 0.25) is 0 Å². The molecular formula is C10H9N5O4. The molecule has 0 spiro atoms. The van der Waals surface area contributed by atoms with Gasteiger partial charge in [0.25, 0.3) is 0 Å². The predicted octanol–water partition coefficient (Wildman–Crippen LogP) is 0.886. The van der Waals surface area contributed by atoms with Gasteiger partial charge < -0.3 is 15.2 Å². The summed E-state index contributed by atoms with van der Waals surface area (Å²) in [5.41, 5.74) is 1.01. The first kappa shape index (κ1) is 12.6. The normalized spacial score (nSPS) is 10.4. The summed E-state index contributed by atoms with van der Waals surface area (Å²) in [4.78, 5) is 28.5. The third kappa shape index (κ3) is 2.25. The number of aromatic nitrogens is 4. The van der Waals surface area contributed by atoms with Crippen LogP contribution in [-0.4, -0.2) is 35.7 Å². The Kier molecular flexibility index (Phi) is 2.95. The van der Waals surface area contributed by atoms with Gasteiger partial charge in [0.1, 0.15) is 5.56 Å². The van der Waals surface area contributed by atoms with Crippen molar-refractivity contribution in [3.05, 3.63) is 39.3 Å². The topological polar surface area (TPSA) is 124 Å². The molecule has 0 aliphatic heterocycles. The van der Waals surface area contributed by atoms with Crippen molar-refractivity contribution >= 4 is 11.9 Å². The minimum atomic E-state index is -1.18. The van der Waals surface area contributed by atoms with Gasteiger partial charge in [0.15, 0.2) is 5.82 Å². The molecule has 98 valence electrons. The van der Waals surface area contributed by atoms with E-state index in [0.717, 1.165) is 11.0 Å². The number of rotatable bonds is 3. The molecule has 0 aliphatic carbocycles. The van der Waals surface area contributed by atoms with Gasteiger partial charge in [-0.15, -0.1) is 4.68 Å². The summed E-state index contributed by atoms with van der Waals surface area (Å²) in [6.07, 6.45) is 1.06. The van der Waals surface area contributed by atoms with Gasteiger partial charge in [-0.05, 0) is 30.4 Å². The van der Waals surface area contributed by atoms with Gasteiger partial charge >= 0.3 is 11.9 Å². The van der Waals surface area contributed by atoms with Crippen LogP contribution in [0.3, 0.4) is 0 Å². The largest absolute Gasteiger partial charge is 0.491 e. The number of carboxylic acid groups (broad SMARTS) is 1. The lowest BCUT2D eigenvalue weighted by molar-refractivity contribution is -0.394. The average molecular weight is 263 g/mol. The molecule has 9 heteroatoms. The monoisotopic (exact) mass is 263 g/mol. The van der Waals surface area contributed by atoms with E-state index in [1.54, 1.807) is 19.9 Å². The van der Waals surface area contributed by atoms with Crippen molar-refractivity contribution in [2.24, 2.45) is 0 Å². The van der Waals surface area contributed by atoms with Crippen LogP contribution in [0.1, 0.15) is 21.6 Å². The fraction of sp³-hybridized carbons (Fsp3) is 0.200. The van der Waals surface area contributed by atoms with Crippen LogP contribution >= 0.6 is 0 Å². The molecule has 2 heterocycles. The summed E-state index contributed by atoms with van der Waals surface area (Å²) in [6, 6.07) is 1.61. The van der Waals surface area contributed by atoms with Crippen LogP contribution in [0, 0.1) is 24.0 Å². The highest BCUT2D eigenvalue weighted by molar-refractivity contribution is 5.92. The average Bonchev–Trinajstić information content (AvgIpc) is 2.76. The number of hydrogen-bond acceptors (Lipinski definition) is 6. The molecule has 0 fully saturated rings. The number of aryl methyl sites for hydroxylation is 2. The molecule has 1 N–H and O–H groups in total. The molecule has 0 saturated carbocycles. The molecule has 2 aromatic rings. The van der Waals surface area contributed by atoms with Crippen LogP contribution in [0.4, 0.5) is 5.95 Å². The third-order valence-electron chi connectivity index (χ3n) is 2.40. The molecule has 0 amide bonds. The molecule has 19 heavy (non-hydrogen) atoms. The minimum absolute atomic E-state index is 0.00519. The number of nitro groups is 1. The van der Waals surface area contributed by atoms with Crippen LogP contribution in [0.15, 0.2) is 12.4 Å². The van der Waals surface area contributed by atoms with E-state index in [2.05, 4.69) is 15.1 Å². The molecule has 2 aromatic heterocycles. The Morgan fingerprint density at radius 1 is 1.47 bits per heavy atom. The maximum atomic E-state index is 11.2. The Bertz CT molecular complexity index is 679. The van der Waals surface area contributed by atoms with E-state index >= 15 is 0 Å². The highest BCUT2D eigenvalue weighted by atomic mass is 16.6. The van der Waals surface area contributed by atoms with E-state index in [9.17, 15) is 20.0 Å². The molecular weight excluding hydrogens is 254 g/mol. The number of nitrogens with zero attached hydrogens (tertiary/aromatic N) is 5. The summed E-state index contributed by atoms with van der Waals surface area (Å²) < 4.78 is 0.988. The molecule has 0 radical (unpaired) electrons. The predicted molar refractivity (Wildman–Crippen MR) is 62.2 cm³/mol. The molecule has 0 aliphatic rings. The highest BCUT2D eigenvalue weighted by Crippen LogP contribution is 2.18. The second-order valence-corrected chi connectivity index (χ2v) is 3.83. The van der Waals surface area contributed by atoms with Crippen molar-refractivity contribution in [2.75, 3.05) is 0 Å². The van der Waals surface area contributed by atoms with E-state index in [1.807, 2.05) is 0 Å². The summed E-state index contributed by atoms with van der Waals surface area (Å²) >= 11 is 0.